The Morgan fingerprint density at radius 3 is 2.55 bits per heavy atom. The average Bonchev–Trinajstić information content (AvgIpc) is 2.48. The molecule has 0 bridgehead atoms. The van der Waals surface area contributed by atoms with Crippen molar-refractivity contribution in [1.29, 1.82) is 0 Å². The van der Waals surface area contributed by atoms with Gasteiger partial charge < -0.3 is 15.2 Å². The van der Waals surface area contributed by atoms with Gasteiger partial charge in [-0.1, -0.05) is 5.92 Å². The first-order valence-corrected chi connectivity index (χ1v) is 6.84. The van der Waals surface area contributed by atoms with Crippen LogP contribution in [0.25, 0.3) is 0 Å². The normalized spacial score (nSPS) is 21.8. The number of terminal acetylenes is 1. The summed E-state index contributed by atoms with van der Waals surface area (Å²) in [6.07, 6.45) is 8.07. The third-order valence-corrected chi connectivity index (χ3v) is 3.47. The highest BCUT2D eigenvalue weighted by Crippen LogP contribution is 2.19. The van der Waals surface area contributed by atoms with E-state index < -0.39 is 0 Å². The van der Waals surface area contributed by atoms with Crippen molar-refractivity contribution in [2.75, 3.05) is 6.61 Å². The van der Waals surface area contributed by atoms with Gasteiger partial charge in [-0.3, -0.25) is 4.79 Å². The standard InChI is InChI=1S/C16H19NO3/c1-2-11-20-15-9-3-12(4-10-15)16(19)17-13-5-7-14(18)8-6-13/h1,3-4,9-10,13-14,18H,5-8,11H2,(H,17,19). The van der Waals surface area contributed by atoms with Crippen molar-refractivity contribution >= 4 is 5.91 Å². The van der Waals surface area contributed by atoms with E-state index in [4.69, 9.17) is 11.2 Å². The van der Waals surface area contributed by atoms with E-state index >= 15 is 0 Å². The Morgan fingerprint density at radius 2 is 1.95 bits per heavy atom. The van der Waals surface area contributed by atoms with Gasteiger partial charge in [-0.2, -0.15) is 0 Å². The molecule has 106 valence electrons. The van der Waals surface area contributed by atoms with E-state index in [1.54, 1.807) is 24.3 Å². The van der Waals surface area contributed by atoms with Crippen molar-refractivity contribution in [3.05, 3.63) is 29.8 Å². The van der Waals surface area contributed by atoms with Gasteiger partial charge in [-0.15, -0.1) is 6.42 Å². The minimum Gasteiger partial charge on any atom is -0.481 e. The first kappa shape index (κ1) is 14.4. The van der Waals surface area contributed by atoms with Crippen LogP contribution >= 0.6 is 0 Å². The Hall–Kier alpha value is -1.99. The van der Waals surface area contributed by atoms with Gasteiger partial charge in [0.25, 0.3) is 5.91 Å². The first-order valence-electron chi connectivity index (χ1n) is 6.84. The molecule has 0 radical (unpaired) electrons. The Bertz CT molecular complexity index is 481. The number of benzene rings is 1. The maximum atomic E-state index is 12.1. The van der Waals surface area contributed by atoms with E-state index in [1.165, 1.54) is 0 Å². The Labute approximate surface area is 119 Å². The van der Waals surface area contributed by atoms with Gasteiger partial charge in [0.05, 0.1) is 6.10 Å². The van der Waals surface area contributed by atoms with Gasteiger partial charge >= 0.3 is 0 Å². The van der Waals surface area contributed by atoms with Crippen LogP contribution in [0.1, 0.15) is 36.0 Å². The summed E-state index contributed by atoms with van der Waals surface area (Å²) in [4.78, 5) is 12.1. The van der Waals surface area contributed by atoms with E-state index in [9.17, 15) is 9.90 Å². The molecule has 4 nitrogen and oxygen atoms in total. The number of carbonyl (C=O) groups is 1. The van der Waals surface area contributed by atoms with Gasteiger partial charge in [-0.05, 0) is 49.9 Å². The van der Waals surface area contributed by atoms with Crippen molar-refractivity contribution in [2.45, 2.75) is 37.8 Å². The molecule has 0 saturated heterocycles. The minimum absolute atomic E-state index is 0.0881. The molecule has 1 aromatic rings. The molecule has 1 fully saturated rings. The molecule has 20 heavy (non-hydrogen) atoms. The minimum atomic E-state index is -0.212. The largest absolute Gasteiger partial charge is 0.481 e. The second-order valence-corrected chi connectivity index (χ2v) is 5.00. The Kier molecular flexibility index (Phi) is 5.03. The molecule has 1 amide bonds. The highest BCUT2D eigenvalue weighted by Gasteiger charge is 2.21. The lowest BCUT2D eigenvalue weighted by Gasteiger charge is -2.26. The fourth-order valence-electron chi connectivity index (χ4n) is 2.32. The van der Waals surface area contributed by atoms with Crippen molar-refractivity contribution in [3.8, 4) is 18.1 Å². The number of ether oxygens (including phenoxy) is 1. The summed E-state index contributed by atoms with van der Waals surface area (Å²) < 4.78 is 5.26. The lowest BCUT2D eigenvalue weighted by Crippen LogP contribution is -2.38. The van der Waals surface area contributed by atoms with E-state index in [1.807, 2.05) is 0 Å². The summed E-state index contributed by atoms with van der Waals surface area (Å²) >= 11 is 0. The van der Waals surface area contributed by atoms with E-state index in [0.29, 0.717) is 11.3 Å². The topological polar surface area (TPSA) is 58.6 Å². The number of hydrogen-bond donors (Lipinski definition) is 2. The molecular weight excluding hydrogens is 254 g/mol. The molecule has 1 aromatic carbocycles. The lowest BCUT2D eigenvalue weighted by molar-refractivity contribution is 0.0867. The smallest absolute Gasteiger partial charge is 0.251 e. The molecule has 2 N–H and O–H groups in total. The summed E-state index contributed by atoms with van der Waals surface area (Å²) in [7, 11) is 0. The number of carbonyl (C=O) groups excluding carboxylic acids is 1. The monoisotopic (exact) mass is 273 g/mol. The molecule has 4 heteroatoms. The molecule has 0 aliphatic heterocycles. The van der Waals surface area contributed by atoms with Gasteiger partial charge in [0.15, 0.2) is 0 Å². The number of nitrogens with one attached hydrogen (secondary N) is 1. The number of aliphatic hydroxyl groups excluding tert-OH is 1. The van der Waals surface area contributed by atoms with Crippen molar-refractivity contribution in [1.82, 2.24) is 5.32 Å². The molecule has 1 aliphatic carbocycles. The zero-order chi connectivity index (χ0) is 14.4. The van der Waals surface area contributed by atoms with Gasteiger partial charge in [0.2, 0.25) is 0 Å². The molecule has 0 heterocycles. The zero-order valence-electron chi connectivity index (χ0n) is 11.3. The van der Waals surface area contributed by atoms with Gasteiger partial charge in [0.1, 0.15) is 12.4 Å². The van der Waals surface area contributed by atoms with Crippen molar-refractivity contribution in [2.24, 2.45) is 0 Å². The predicted molar refractivity (Wildman–Crippen MR) is 76.5 cm³/mol. The summed E-state index contributed by atoms with van der Waals surface area (Å²) in [5.74, 6) is 2.95. The summed E-state index contributed by atoms with van der Waals surface area (Å²) in [6, 6.07) is 7.06. The lowest BCUT2D eigenvalue weighted by atomic mass is 9.93. The van der Waals surface area contributed by atoms with Crippen LogP contribution < -0.4 is 10.1 Å². The molecule has 1 saturated carbocycles. The summed E-state index contributed by atoms with van der Waals surface area (Å²) in [6.45, 7) is 0.218. The third kappa shape index (κ3) is 4.01. The van der Waals surface area contributed by atoms with Crippen molar-refractivity contribution < 1.29 is 14.6 Å². The van der Waals surface area contributed by atoms with E-state index in [-0.39, 0.29) is 24.7 Å². The fourth-order valence-corrected chi connectivity index (χ4v) is 2.32. The number of hydrogen-bond acceptors (Lipinski definition) is 3. The molecular formula is C16H19NO3. The summed E-state index contributed by atoms with van der Waals surface area (Å²) in [5, 5.41) is 12.4. The van der Waals surface area contributed by atoms with Crippen LogP contribution in [0.15, 0.2) is 24.3 Å². The Morgan fingerprint density at radius 1 is 1.30 bits per heavy atom. The SMILES string of the molecule is C#CCOc1ccc(C(=O)NC2CCC(O)CC2)cc1. The number of rotatable bonds is 4. The molecule has 0 atom stereocenters. The van der Waals surface area contributed by atoms with Crippen LogP contribution in [0, 0.1) is 12.3 Å². The second-order valence-electron chi connectivity index (χ2n) is 5.00. The van der Waals surface area contributed by atoms with Crippen LogP contribution in [0.3, 0.4) is 0 Å². The average molecular weight is 273 g/mol. The zero-order valence-corrected chi connectivity index (χ0v) is 11.3. The summed E-state index contributed by atoms with van der Waals surface area (Å²) in [5.41, 5.74) is 0.601. The quantitative estimate of drug-likeness (QED) is 0.821. The highest BCUT2D eigenvalue weighted by molar-refractivity contribution is 5.94. The first-order chi connectivity index (χ1) is 9.69. The number of amides is 1. The van der Waals surface area contributed by atoms with Crippen LogP contribution in [-0.2, 0) is 0 Å². The van der Waals surface area contributed by atoms with Gasteiger partial charge in [-0.25, -0.2) is 0 Å². The van der Waals surface area contributed by atoms with Crippen LogP contribution in [0.5, 0.6) is 5.75 Å². The maximum Gasteiger partial charge on any atom is 0.251 e. The predicted octanol–water partition coefficient (Wildman–Crippen LogP) is 1.73. The molecule has 2 rings (SSSR count). The number of aliphatic hydroxyl groups is 1. The van der Waals surface area contributed by atoms with Crippen LogP contribution in [0.2, 0.25) is 0 Å². The molecule has 0 spiro atoms. The van der Waals surface area contributed by atoms with Crippen LogP contribution in [-0.4, -0.2) is 29.8 Å². The second kappa shape index (κ2) is 6.97. The molecule has 0 unspecified atom stereocenters. The van der Waals surface area contributed by atoms with E-state index in [2.05, 4.69) is 11.2 Å². The molecule has 0 aromatic heterocycles. The third-order valence-electron chi connectivity index (χ3n) is 3.47. The molecule has 1 aliphatic rings. The van der Waals surface area contributed by atoms with Crippen molar-refractivity contribution in [3.63, 3.8) is 0 Å². The van der Waals surface area contributed by atoms with Crippen LogP contribution in [0.4, 0.5) is 0 Å². The maximum absolute atomic E-state index is 12.1. The fraction of sp³-hybridized carbons (Fsp3) is 0.438. The Balaban J connectivity index is 1.87. The van der Waals surface area contributed by atoms with Gasteiger partial charge in [0, 0.05) is 11.6 Å². The van der Waals surface area contributed by atoms with E-state index in [0.717, 1.165) is 25.7 Å². The highest BCUT2D eigenvalue weighted by atomic mass is 16.5.